The Labute approximate surface area is 222 Å². The van der Waals surface area contributed by atoms with Gasteiger partial charge in [-0.05, 0) is 55.8 Å². The predicted octanol–water partition coefficient (Wildman–Crippen LogP) is 2.53. The Kier molecular flexibility index (Phi) is 8.26. The fraction of sp³-hybridized carbons (Fsp3) is 0.448. The van der Waals surface area contributed by atoms with Crippen LogP contribution in [0.1, 0.15) is 34.3 Å². The Morgan fingerprint density at radius 3 is 2.71 bits per heavy atom. The number of likely N-dealkylation sites (tertiary alicyclic amines) is 1. The summed E-state index contributed by atoms with van der Waals surface area (Å²) in [5.74, 6) is 1.31. The molecule has 0 bridgehead atoms. The van der Waals surface area contributed by atoms with E-state index in [0.29, 0.717) is 49.2 Å². The number of carbonyl (C=O) groups excluding carboxylic acids is 1. The highest BCUT2D eigenvalue weighted by Gasteiger charge is 2.20. The molecule has 1 saturated heterocycles. The summed E-state index contributed by atoms with van der Waals surface area (Å²) in [7, 11) is 3.17. The molecule has 2 aliphatic rings. The van der Waals surface area contributed by atoms with Crippen LogP contribution < -0.4 is 25.7 Å². The predicted molar refractivity (Wildman–Crippen MR) is 146 cm³/mol. The van der Waals surface area contributed by atoms with E-state index in [2.05, 4.69) is 27.7 Å². The van der Waals surface area contributed by atoms with Crippen molar-refractivity contribution in [1.82, 2.24) is 20.1 Å². The number of methoxy groups -OCH3 is 1. The minimum Gasteiger partial charge on any atom is -0.497 e. The van der Waals surface area contributed by atoms with E-state index in [1.807, 2.05) is 24.3 Å². The van der Waals surface area contributed by atoms with Crippen LogP contribution in [0.25, 0.3) is 10.9 Å². The molecule has 38 heavy (non-hydrogen) atoms. The molecular formula is C29H36N4O5. The third kappa shape index (κ3) is 5.85. The number of nitrogens with one attached hydrogen (secondary N) is 2. The van der Waals surface area contributed by atoms with Crippen LogP contribution in [0.5, 0.6) is 11.5 Å². The number of hydrogen-bond donors (Lipinski definition) is 2. The largest absolute Gasteiger partial charge is 0.497 e. The number of aromatic nitrogens is 1. The second-order valence-corrected chi connectivity index (χ2v) is 9.85. The first-order valence-corrected chi connectivity index (χ1v) is 13.3. The Hall–Kier alpha value is -3.40. The van der Waals surface area contributed by atoms with E-state index in [0.717, 1.165) is 55.7 Å². The summed E-state index contributed by atoms with van der Waals surface area (Å²) in [5.41, 5.74) is 3.26. The maximum absolute atomic E-state index is 13.0. The molecule has 1 aromatic heterocycles. The molecule has 1 amide bonds. The van der Waals surface area contributed by atoms with Gasteiger partial charge in [-0.1, -0.05) is 6.07 Å². The van der Waals surface area contributed by atoms with Crippen molar-refractivity contribution in [2.45, 2.75) is 38.6 Å². The first-order chi connectivity index (χ1) is 18.6. The number of ether oxygens (including phenoxy) is 3. The molecule has 0 saturated carbocycles. The molecule has 9 heteroatoms. The molecule has 0 spiro atoms. The van der Waals surface area contributed by atoms with Gasteiger partial charge in [-0.25, -0.2) is 0 Å². The molecule has 0 radical (unpaired) electrons. The molecule has 5 rings (SSSR count). The number of carbonyl (C=O) groups is 1. The monoisotopic (exact) mass is 520 g/mol. The van der Waals surface area contributed by atoms with E-state index in [4.69, 9.17) is 14.2 Å². The number of hydrogen-bond acceptors (Lipinski definition) is 7. The summed E-state index contributed by atoms with van der Waals surface area (Å²) < 4.78 is 18.5. The van der Waals surface area contributed by atoms with E-state index < -0.39 is 0 Å². The first-order valence-electron chi connectivity index (χ1n) is 13.3. The van der Waals surface area contributed by atoms with Crippen molar-refractivity contribution in [2.75, 3.05) is 47.0 Å². The molecule has 3 aromatic rings. The summed E-state index contributed by atoms with van der Waals surface area (Å²) >= 11 is 0. The van der Waals surface area contributed by atoms with Gasteiger partial charge in [-0.2, -0.15) is 0 Å². The van der Waals surface area contributed by atoms with Gasteiger partial charge in [0, 0.05) is 55.8 Å². The van der Waals surface area contributed by atoms with Crippen LogP contribution in [-0.2, 0) is 24.4 Å². The van der Waals surface area contributed by atoms with Crippen LogP contribution >= 0.6 is 0 Å². The molecule has 202 valence electrons. The lowest BCUT2D eigenvalue weighted by Gasteiger charge is -2.32. The van der Waals surface area contributed by atoms with Crippen molar-refractivity contribution >= 4 is 16.8 Å². The maximum Gasteiger partial charge on any atom is 0.251 e. The molecule has 3 heterocycles. The van der Waals surface area contributed by atoms with Crippen molar-refractivity contribution in [1.29, 1.82) is 0 Å². The van der Waals surface area contributed by atoms with Crippen LogP contribution in [0.2, 0.25) is 0 Å². The van der Waals surface area contributed by atoms with Gasteiger partial charge in [-0.15, -0.1) is 0 Å². The molecule has 0 unspecified atom stereocenters. The minimum atomic E-state index is -0.272. The van der Waals surface area contributed by atoms with Crippen LogP contribution in [0.3, 0.4) is 0 Å². The van der Waals surface area contributed by atoms with Gasteiger partial charge in [-0.3, -0.25) is 9.59 Å². The lowest BCUT2D eigenvalue weighted by molar-refractivity contribution is 0.0964. The highest BCUT2D eigenvalue weighted by molar-refractivity contribution is 6.06. The van der Waals surface area contributed by atoms with Crippen molar-refractivity contribution in [3.63, 3.8) is 0 Å². The topological polar surface area (TPSA) is 94.1 Å². The van der Waals surface area contributed by atoms with Gasteiger partial charge in [0.15, 0.2) is 0 Å². The third-order valence-electron chi connectivity index (χ3n) is 7.48. The number of pyridine rings is 1. The fourth-order valence-electron chi connectivity index (χ4n) is 5.29. The smallest absolute Gasteiger partial charge is 0.251 e. The highest BCUT2D eigenvalue weighted by atomic mass is 16.5. The molecule has 2 aromatic carbocycles. The van der Waals surface area contributed by atoms with Crippen LogP contribution in [0, 0.1) is 0 Å². The molecule has 0 atom stereocenters. The standard InChI is InChI=1S/C29H36N4O5/c1-30-29(35)25-17-28(34)33(26-16-23(36-2)4-5-24(25)26)12-11-32-9-7-22(8-10-32)31-18-20-3-6-27-21(15-20)19-37-13-14-38-27/h3-6,15-17,22,31H,7-14,18-19H2,1-2H3,(H,30,35). The zero-order valence-electron chi connectivity index (χ0n) is 22.1. The molecule has 0 aliphatic carbocycles. The van der Waals surface area contributed by atoms with Crippen molar-refractivity contribution in [2.24, 2.45) is 0 Å². The lowest BCUT2D eigenvalue weighted by atomic mass is 10.0. The maximum atomic E-state index is 13.0. The van der Waals surface area contributed by atoms with E-state index in [1.54, 1.807) is 18.7 Å². The van der Waals surface area contributed by atoms with Crippen LogP contribution in [0.15, 0.2) is 47.3 Å². The number of nitrogens with zero attached hydrogens (tertiary/aromatic N) is 2. The summed E-state index contributed by atoms with van der Waals surface area (Å²) in [6.45, 7) is 5.90. The first kappa shape index (κ1) is 26.2. The Morgan fingerprint density at radius 2 is 1.92 bits per heavy atom. The summed E-state index contributed by atoms with van der Waals surface area (Å²) in [6.07, 6.45) is 2.10. The number of amides is 1. The van der Waals surface area contributed by atoms with Crippen molar-refractivity contribution in [3.05, 3.63) is 69.5 Å². The van der Waals surface area contributed by atoms with Crippen LogP contribution in [-0.4, -0.2) is 68.4 Å². The molecule has 1 fully saturated rings. The summed E-state index contributed by atoms with van der Waals surface area (Å²) in [5, 5.41) is 7.08. The quantitative estimate of drug-likeness (QED) is 0.472. The zero-order valence-corrected chi connectivity index (χ0v) is 22.1. The van der Waals surface area contributed by atoms with Gasteiger partial charge in [0.1, 0.15) is 18.1 Å². The highest BCUT2D eigenvalue weighted by Crippen LogP contribution is 2.25. The average Bonchev–Trinajstić information content (AvgIpc) is 3.20. The molecule has 9 nitrogen and oxygen atoms in total. The fourth-order valence-corrected chi connectivity index (χ4v) is 5.29. The number of fused-ring (bicyclic) bond motifs is 2. The Bertz CT molecular complexity index is 1350. The Morgan fingerprint density at radius 1 is 1.08 bits per heavy atom. The van der Waals surface area contributed by atoms with Crippen LogP contribution in [0.4, 0.5) is 0 Å². The Balaban J connectivity index is 1.18. The van der Waals surface area contributed by atoms with Crippen molar-refractivity contribution < 1.29 is 19.0 Å². The molecule has 2 N–H and O–H groups in total. The van der Waals surface area contributed by atoms with E-state index in [9.17, 15) is 9.59 Å². The number of benzene rings is 2. The number of piperidine rings is 1. The second-order valence-electron chi connectivity index (χ2n) is 9.85. The SMILES string of the molecule is CNC(=O)c1cc(=O)n(CCN2CCC(NCc3ccc4c(c3)COCCO4)CC2)c2cc(OC)ccc12. The molecule has 2 aliphatic heterocycles. The van der Waals surface area contributed by atoms with E-state index in [-0.39, 0.29) is 11.5 Å². The normalized spacial score (nSPS) is 16.5. The second kappa shape index (κ2) is 12.0. The lowest BCUT2D eigenvalue weighted by Crippen LogP contribution is -2.43. The average molecular weight is 521 g/mol. The van der Waals surface area contributed by atoms with Gasteiger partial charge < -0.3 is 34.3 Å². The van der Waals surface area contributed by atoms with Gasteiger partial charge in [0.25, 0.3) is 11.5 Å². The minimum absolute atomic E-state index is 0.183. The third-order valence-corrected chi connectivity index (χ3v) is 7.48. The number of rotatable bonds is 8. The van der Waals surface area contributed by atoms with Gasteiger partial charge in [0.2, 0.25) is 0 Å². The molecular weight excluding hydrogens is 484 g/mol. The zero-order chi connectivity index (χ0) is 26.5. The summed E-state index contributed by atoms with van der Waals surface area (Å²) in [4.78, 5) is 27.8. The van der Waals surface area contributed by atoms with E-state index in [1.165, 1.54) is 11.6 Å². The summed E-state index contributed by atoms with van der Waals surface area (Å²) in [6, 6.07) is 13.7. The van der Waals surface area contributed by atoms with Gasteiger partial charge in [0.05, 0.1) is 31.4 Å². The van der Waals surface area contributed by atoms with E-state index >= 15 is 0 Å². The van der Waals surface area contributed by atoms with Gasteiger partial charge >= 0.3 is 0 Å². The van der Waals surface area contributed by atoms with Crippen molar-refractivity contribution in [3.8, 4) is 11.5 Å².